The molecule has 0 aliphatic carbocycles. The van der Waals surface area contributed by atoms with Gasteiger partial charge in [0.2, 0.25) is 11.8 Å². The number of urea groups is 1. The molecule has 27 heavy (non-hydrogen) atoms. The summed E-state index contributed by atoms with van der Waals surface area (Å²) in [6, 6.07) is 14.6. The first-order valence-electron chi connectivity index (χ1n) is 8.20. The number of para-hydroxylation sites is 1. The van der Waals surface area contributed by atoms with Gasteiger partial charge in [-0.25, -0.2) is 4.79 Å². The second kappa shape index (κ2) is 9.75. The first-order chi connectivity index (χ1) is 12.9. The summed E-state index contributed by atoms with van der Waals surface area (Å²) >= 11 is 1.53. The van der Waals surface area contributed by atoms with E-state index in [1.165, 1.54) is 11.8 Å². The summed E-state index contributed by atoms with van der Waals surface area (Å²) in [4.78, 5) is 38.5. The van der Waals surface area contributed by atoms with Crippen LogP contribution in [0.1, 0.15) is 11.6 Å². The molecule has 0 saturated heterocycles. The van der Waals surface area contributed by atoms with Crippen LogP contribution in [0.3, 0.4) is 0 Å². The summed E-state index contributed by atoms with van der Waals surface area (Å²) in [6.07, 6.45) is 1.93. The lowest BCUT2D eigenvalue weighted by atomic mass is 10.0. The van der Waals surface area contributed by atoms with Gasteiger partial charge in [0.15, 0.2) is 0 Å². The Balaban J connectivity index is 2.15. The normalized spacial score (nSPS) is 11.7. The van der Waals surface area contributed by atoms with E-state index in [1.807, 2.05) is 36.6 Å². The van der Waals surface area contributed by atoms with Crippen LogP contribution in [0.15, 0.2) is 59.5 Å². The van der Waals surface area contributed by atoms with Gasteiger partial charge in [0.1, 0.15) is 6.04 Å². The molecule has 0 radical (unpaired) electrons. The van der Waals surface area contributed by atoms with Gasteiger partial charge in [0, 0.05) is 4.90 Å². The number of hydrogen-bond acceptors (Lipinski definition) is 5. The third kappa shape index (κ3) is 5.83. The second-order valence-corrected chi connectivity index (χ2v) is 6.68. The maximum absolute atomic E-state index is 12.5. The van der Waals surface area contributed by atoms with Crippen molar-refractivity contribution in [2.45, 2.75) is 10.9 Å². The van der Waals surface area contributed by atoms with Gasteiger partial charge in [-0.2, -0.15) is 0 Å². The zero-order chi connectivity index (χ0) is 19.8. The number of likely N-dealkylation sites (N-methyl/N-ethyl adjacent to an activating group) is 1. The minimum absolute atomic E-state index is 0.0472. The first-order valence-corrected chi connectivity index (χ1v) is 9.43. The van der Waals surface area contributed by atoms with Crippen LogP contribution in [-0.2, 0) is 9.59 Å². The number of carbonyl (C=O) groups is 3. The molecule has 0 saturated carbocycles. The van der Waals surface area contributed by atoms with Gasteiger partial charge in [-0.3, -0.25) is 19.8 Å². The highest BCUT2D eigenvalue weighted by molar-refractivity contribution is 7.98. The highest BCUT2D eigenvalue weighted by atomic mass is 32.2. The Labute approximate surface area is 162 Å². The van der Waals surface area contributed by atoms with Gasteiger partial charge >= 0.3 is 6.03 Å². The second-order valence-electron chi connectivity index (χ2n) is 5.83. The number of anilines is 1. The Hall–Kier alpha value is -2.84. The SMILES string of the molecule is CSc1ccccc1NC(=O)CN(C)[C@H](C(=O)NC(N)=O)c1ccccc1. The maximum Gasteiger partial charge on any atom is 0.318 e. The Kier molecular flexibility index (Phi) is 7.39. The van der Waals surface area contributed by atoms with E-state index in [1.54, 1.807) is 36.2 Å². The van der Waals surface area contributed by atoms with E-state index in [9.17, 15) is 14.4 Å². The van der Waals surface area contributed by atoms with Crippen LogP contribution >= 0.6 is 11.8 Å². The summed E-state index contributed by atoms with van der Waals surface area (Å²) in [5, 5.41) is 4.94. The van der Waals surface area contributed by atoms with Crippen LogP contribution in [0, 0.1) is 0 Å². The molecular weight excluding hydrogens is 364 g/mol. The lowest BCUT2D eigenvalue weighted by molar-refractivity contribution is -0.126. The van der Waals surface area contributed by atoms with Crippen molar-refractivity contribution in [2.75, 3.05) is 25.2 Å². The van der Waals surface area contributed by atoms with Crippen molar-refractivity contribution in [3.05, 3.63) is 60.2 Å². The number of nitrogens with zero attached hydrogens (tertiary/aromatic N) is 1. The minimum atomic E-state index is -0.937. The predicted molar refractivity (Wildman–Crippen MR) is 106 cm³/mol. The number of nitrogens with one attached hydrogen (secondary N) is 2. The predicted octanol–water partition coefficient (Wildman–Crippen LogP) is 2.21. The quantitative estimate of drug-likeness (QED) is 0.633. The molecule has 2 rings (SSSR count). The highest BCUT2D eigenvalue weighted by Crippen LogP contribution is 2.25. The fourth-order valence-corrected chi connectivity index (χ4v) is 3.24. The zero-order valence-corrected chi connectivity index (χ0v) is 16.0. The minimum Gasteiger partial charge on any atom is -0.351 e. The molecule has 1 atom stereocenters. The molecule has 4 N–H and O–H groups in total. The lowest BCUT2D eigenvalue weighted by Crippen LogP contribution is -2.45. The fraction of sp³-hybridized carbons (Fsp3) is 0.211. The summed E-state index contributed by atoms with van der Waals surface area (Å²) in [5.41, 5.74) is 6.43. The molecule has 0 unspecified atom stereocenters. The Morgan fingerprint density at radius 3 is 2.33 bits per heavy atom. The number of hydrogen-bond donors (Lipinski definition) is 3. The molecule has 0 aromatic heterocycles. The van der Waals surface area contributed by atoms with E-state index in [4.69, 9.17) is 5.73 Å². The maximum atomic E-state index is 12.5. The van der Waals surface area contributed by atoms with Gasteiger partial charge in [-0.15, -0.1) is 11.8 Å². The Morgan fingerprint density at radius 1 is 1.07 bits per heavy atom. The number of amides is 4. The summed E-state index contributed by atoms with van der Waals surface area (Å²) in [7, 11) is 1.64. The van der Waals surface area contributed by atoms with Crippen LogP contribution in [0.25, 0.3) is 0 Å². The molecular formula is C19H22N4O3S. The van der Waals surface area contributed by atoms with E-state index < -0.39 is 18.0 Å². The molecule has 142 valence electrons. The summed E-state index contributed by atoms with van der Waals surface area (Å²) in [5.74, 6) is -0.861. The molecule has 4 amide bonds. The molecule has 0 aliphatic heterocycles. The third-order valence-electron chi connectivity index (χ3n) is 3.82. The number of nitrogens with two attached hydrogens (primary N) is 1. The molecule has 0 fully saturated rings. The molecule has 8 heteroatoms. The summed E-state index contributed by atoms with van der Waals surface area (Å²) in [6.45, 7) is -0.0472. The van der Waals surface area contributed by atoms with E-state index in [-0.39, 0.29) is 12.5 Å². The Bertz CT molecular complexity index is 814. The van der Waals surface area contributed by atoms with Crippen molar-refractivity contribution in [3.8, 4) is 0 Å². The van der Waals surface area contributed by atoms with Crippen molar-refractivity contribution in [3.63, 3.8) is 0 Å². The molecule has 2 aromatic carbocycles. The lowest BCUT2D eigenvalue weighted by Gasteiger charge is -2.26. The van der Waals surface area contributed by atoms with Gasteiger partial charge in [-0.1, -0.05) is 42.5 Å². The monoisotopic (exact) mass is 386 g/mol. The Morgan fingerprint density at radius 2 is 1.70 bits per heavy atom. The van der Waals surface area contributed by atoms with Crippen molar-refractivity contribution < 1.29 is 14.4 Å². The smallest absolute Gasteiger partial charge is 0.318 e. The average Bonchev–Trinajstić information content (AvgIpc) is 2.62. The van der Waals surface area contributed by atoms with Crippen LogP contribution in [0.5, 0.6) is 0 Å². The zero-order valence-electron chi connectivity index (χ0n) is 15.1. The number of carbonyl (C=O) groups excluding carboxylic acids is 3. The van der Waals surface area contributed by atoms with E-state index in [0.717, 1.165) is 4.90 Å². The van der Waals surface area contributed by atoms with E-state index in [0.29, 0.717) is 11.3 Å². The molecule has 0 aliphatic rings. The molecule has 0 bridgehead atoms. The fourth-order valence-electron chi connectivity index (χ4n) is 2.69. The molecule has 0 spiro atoms. The molecule has 2 aromatic rings. The van der Waals surface area contributed by atoms with Crippen LogP contribution in [0.4, 0.5) is 10.5 Å². The number of imide groups is 1. The van der Waals surface area contributed by atoms with Crippen LogP contribution in [0.2, 0.25) is 0 Å². The van der Waals surface area contributed by atoms with Crippen molar-refractivity contribution in [1.29, 1.82) is 0 Å². The number of thioether (sulfide) groups is 1. The van der Waals surface area contributed by atoms with E-state index >= 15 is 0 Å². The number of rotatable bonds is 7. The third-order valence-corrected chi connectivity index (χ3v) is 4.62. The topological polar surface area (TPSA) is 105 Å². The van der Waals surface area contributed by atoms with E-state index in [2.05, 4.69) is 10.6 Å². The van der Waals surface area contributed by atoms with Gasteiger partial charge < -0.3 is 11.1 Å². The first kappa shape index (κ1) is 20.5. The highest BCUT2D eigenvalue weighted by Gasteiger charge is 2.27. The average molecular weight is 386 g/mol. The number of benzene rings is 2. The van der Waals surface area contributed by atoms with Crippen LogP contribution < -0.4 is 16.4 Å². The molecule has 0 heterocycles. The van der Waals surface area contributed by atoms with Crippen molar-refractivity contribution in [2.24, 2.45) is 5.73 Å². The standard InChI is InChI=1S/C19H22N4O3S/c1-23(12-16(24)21-14-10-6-7-11-15(14)27-2)17(18(25)22-19(20)26)13-8-4-3-5-9-13/h3-11,17H,12H2,1-2H3,(H,21,24)(H3,20,22,25,26)/t17-/m0/s1. The van der Waals surface area contributed by atoms with Crippen molar-refractivity contribution in [1.82, 2.24) is 10.2 Å². The van der Waals surface area contributed by atoms with Crippen molar-refractivity contribution >= 4 is 35.3 Å². The summed E-state index contributed by atoms with van der Waals surface area (Å²) < 4.78 is 0. The van der Waals surface area contributed by atoms with Gasteiger partial charge in [0.25, 0.3) is 0 Å². The van der Waals surface area contributed by atoms with Gasteiger partial charge in [-0.05, 0) is 31.0 Å². The van der Waals surface area contributed by atoms with Crippen LogP contribution in [-0.4, -0.2) is 42.6 Å². The number of primary amides is 1. The largest absolute Gasteiger partial charge is 0.351 e. The molecule has 7 nitrogen and oxygen atoms in total. The van der Waals surface area contributed by atoms with Gasteiger partial charge in [0.05, 0.1) is 12.2 Å².